The lowest BCUT2D eigenvalue weighted by molar-refractivity contribution is 0.0606. The smallest absolute Gasteiger partial charge is 0.349 e. The van der Waals surface area contributed by atoms with Gasteiger partial charge in [0, 0.05) is 12.4 Å². The molecule has 0 N–H and O–H groups in total. The molecule has 0 saturated carbocycles. The zero-order valence-corrected chi connectivity index (χ0v) is 12.1. The fourth-order valence-electron chi connectivity index (χ4n) is 2.03. The van der Waals surface area contributed by atoms with E-state index in [0.717, 1.165) is 0 Å². The second kappa shape index (κ2) is 5.17. The Hall–Kier alpha value is -2.41. The van der Waals surface area contributed by atoms with E-state index in [-0.39, 0.29) is 0 Å². The van der Waals surface area contributed by atoms with Gasteiger partial charge in [0.05, 0.1) is 25.5 Å². The fourth-order valence-corrected chi connectivity index (χ4v) is 2.92. The van der Waals surface area contributed by atoms with Crippen molar-refractivity contribution in [3.63, 3.8) is 0 Å². The number of esters is 1. The Morgan fingerprint density at radius 1 is 1.33 bits per heavy atom. The molecule has 0 unspecified atom stereocenters. The van der Waals surface area contributed by atoms with Gasteiger partial charge >= 0.3 is 5.97 Å². The molecular formula is C14H11FN2O3S. The summed E-state index contributed by atoms with van der Waals surface area (Å²) in [5, 5.41) is 0. The first kappa shape index (κ1) is 13.6. The summed E-state index contributed by atoms with van der Waals surface area (Å²) in [4.78, 5) is 16.8. The normalized spacial score (nSPS) is 10.8. The monoisotopic (exact) mass is 306 g/mol. The lowest BCUT2D eigenvalue weighted by Gasteiger charge is -2.06. The van der Waals surface area contributed by atoms with Gasteiger partial charge in [0.2, 0.25) is 0 Å². The summed E-state index contributed by atoms with van der Waals surface area (Å²) in [6.07, 6.45) is 3.26. The van der Waals surface area contributed by atoms with Crippen molar-refractivity contribution in [1.82, 2.24) is 9.38 Å². The minimum Gasteiger partial charge on any atom is -0.496 e. The highest BCUT2D eigenvalue weighted by Crippen LogP contribution is 2.33. The van der Waals surface area contributed by atoms with Crippen LogP contribution in [0.1, 0.15) is 9.67 Å². The molecule has 0 saturated heterocycles. The standard InChI is InChI=1S/C14H11FN2O3S/c1-19-10-5-3-4-8(15)12(10)9-6-17-7-11(13(18)20-2)21-14(17)16-9/h3-7H,1-2H3. The molecule has 0 bridgehead atoms. The molecule has 0 radical (unpaired) electrons. The van der Waals surface area contributed by atoms with Crippen LogP contribution in [-0.2, 0) is 4.74 Å². The number of rotatable bonds is 3. The van der Waals surface area contributed by atoms with Crippen molar-refractivity contribution in [2.24, 2.45) is 0 Å². The molecule has 0 fully saturated rings. The quantitative estimate of drug-likeness (QED) is 0.698. The lowest BCUT2D eigenvalue weighted by Crippen LogP contribution is -1.97. The average molecular weight is 306 g/mol. The summed E-state index contributed by atoms with van der Waals surface area (Å²) in [6, 6.07) is 4.60. The van der Waals surface area contributed by atoms with Crippen molar-refractivity contribution in [2.75, 3.05) is 14.2 Å². The maximum Gasteiger partial charge on any atom is 0.349 e. The van der Waals surface area contributed by atoms with Gasteiger partial charge < -0.3 is 9.47 Å². The molecule has 3 aromatic rings. The van der Waals surface area contributed by atoms with Gasteiger partial charge in [-0.15, -0.1) is 0 Å². The minimum absolute atomic E-state index is 0.301. The Balaban J connectivity index is 2.10. The lowest BCUT2D eigenvalue weighted by atomic mass is 10.1. The van der Waals surface area contributed by atoms with Gasteiger partial charge in [-0.1, -0.05) is 17.4 Å². The number of thiazole rings is 1. The maximum absolute atomic E-state index is 14.0. The largest absolute Gasteiger partial charge is 0.496 e. The van der Waals surface area contributed by atoms with Crippen LogP contribution in [0.5, 0.6) is 5.75 Å². The zero-order chi connectivity index (χ0) is 15.0. The first-order valence-electron chi connectivity index (χ1n) is 6.03. The number of fused-ring (bicyclic) bond motifs is 1. The molecular weight excluding hydrogens is 295 g/mol. The molecule has 0 aliphatic rings. The van der Waals surface area contributed by atoms with Crippen LogP contribution in [0.2, 0.25) is 0 Å². The number of aromatic nitrogens is 2. The highest BCUT2D eigenvalue weighted by molar-refractivity contribution is 7.18. The Morgan fingerprint density at radius 2 is 2.14 bits per heavy atom. The second-order valence-electron chi connectivity index (χ2n) is 4.22. The van der Waals surface area contributed by atoms with Crippen molar-refractivity contribution in [2.45, 2.75) is 0 Å². The van der Waals surface area contributed by atoms with Gasteiger partial charge in [0.1, 0.15) is 16.4 Å². The first-order chi connectivity index (χ1) is 10.1. The summed E-state index contributed by atoms with van der Waals surface area (Å²) in [6.45, 7) is 0. The van der Waals surface area contributed by atoms with E-state index >= 15 is 0 Å². The van der Waals surface area contributed by atoms with Gasteiger partial charge in [-0.2, -0.15) is 0 Å². The second-order valence-corrected chi connectivity index (χ2v) is 5.23. The molecule has 1 aromatic carbocycles. The third-order valence-corrected chi connectivity index (χ3v) is 3.97. The topological polar surface area (TPSA) is 52.8 Å². The number of hydrogen-bond acceptors (Lipinski definition) is 5. The number of methoxy groups -OCH3 is 2. The Kier molecular flexibility index (Phi) is 3.34. The van der Waals surface area contributed by atoms with Gasteiger partial charge in [-0.05, 0) is 12.1 Å². The summed E-state index contributed by atoms with van der Waals surface area (Å²) >= 11 is 1.18. The molecule has 2 aromatic heterocycles. The number of imidazole rings is 1. The van der Waals surface area contributed by atoms with E-state index in [4.69, 9.17) is 4.74 Å². The van der Waals surface area contributed by atoms with Crippen molar-refractivity contribution < 1.29 is 18.7 Å². The highest BCUT2D eigenvalue weighted by atomic mass is 32.1. The number of halogens is 1. The van der Waals surface area contributed by atoms with E-state index in [1.54, 1.807) is 28.9 Å². The minimum atomic E-state index is -0.421. The zero-order valence-electron chi connectivity index (χ0n) is 11.3. The van der Waals surface area contributed by atoms with E-state index < -0.39 is 11.8 Å². The molecule has 0 aliphatic carbocycles. The van der Waals surface area contributed by atoms with E-state index in [9.17, 15) is 9.18 Å². The van der Waals surface area contributed by atoms with E-state index in [0.29, 0.717) is 26.8 Å². The Morgan fingerprint density at radius 3 is 2.81 bits per heavy atom. The third-order valence-electron chi connectivity index (χ3n) is 2.99. The van der Waals surface area contributed by atoms with Crippen LogP contribution in [0, 0.1) is 5.82 Å². The molecule has 0 amide bonds. The number of ether oxygens (including phenoxy) is 2. The van der Waals surface area contributed by atoms with Crippen LogP contribution >= 0.6 is 11.3 Å². The number of carbonyl (C=O) groups excluding carboxylic acids is 1. The highest BCUT2D eigenvalue weighted by Gasteiger charge is 2.18. The first-order valence-corrected chi connectivity index (χ1v) is 6.85. The summed E-state index contributed by atoms with van der Waals surface area (Å²) < 4.78 is 25.5. The molecule has 0 atom stereocenters. The Bertz CT molecular complexity index is 793. The predicted octanol–water partition coefficient (Wildman–Crippen LogP) is 3.00. The summed E-state index contributed by atoms with van der Waals surface area (Å²) in [7, 11) is 2.80. The average Bonchev–Trinajstić information content (AvgIpc) is 3.04. The van der Waals surface area contributed by atoms with Crippen LogP contribution in [0.25, 0.3) is 16.2 Å². The van der Waals surface area contributed by atoms with Crippen molar-refractivity contribution >= 4 is 22.3 Å². The van der Waals surface area contributed by atoms with Crippen molar-refractivity contribution in [3.8, 4) is 17.0 Å². The number of benzene rings is 1. The third kappa shape index (κ3) is 2.25. The molecule has 21 heavy (non-hydrogen) atoms. The van der Waals surface area contributed by atoms with Crippen LogP contribution in [0.4, 0.5) is 4.39 Å². The van der Waals surface area contributed by atoms with Gasteiger partial charge in [-0.3, -0.25) is 4.40 Å². The Labute approximate surface area is 123 Å². The van der Waals surface area contributed by atoms with Gasteiger partial charge in [0.15, 0.2) is 4.96 Å². The number of carbonyl (C=O) groups is 1. The fraction of sp³-hybridized carbons (Fsp3) is 0.143. The molecule has 3 rings (SSSR count). The molecule has 0 spiro atoms. The van der Waals surface area contributed by atoms with Crippen LogP contribution in [0.3, 0.4) is 0 Å². The summed E-state index contributed by atoms with van der Waals surface area (Å²) in [5.41, 5.74) is 0.753. The van der Waals surface area contributed by atoms with Crippen molar-refractivity contribution in [3.05, 3.63) is 41.3 Å². The molecule has 7 heteroatoms. The predicted molar refractivity (Wildman–Crippen MR) is 76.4 cm³/mol. The molecule has 108 valence electrons. The number of nitrogens with zero attached hydrogens (tertiary/aromatic N) is 2. The van der Waals surface area contributed by atoms with Crippen LogP contribution in [0.15, 0.2) is 30.6 Å². The van der Waals surface area contributed by atoms with E-state index in [1.165, 1.54) is 31.6 Å². The van der Waals surface area contributed by atoms with Crippen molar-refractivity contribution in [1.29, 1.82) is 0 Å². The van der Waals surface area contributed by atoms with Gasteiger partial charge in [-0.25, -0.2) is 14.2 Å². The molecule has 5 nitrogen and oxygen atoms in total. The SMILES string of the molecule is COC(=O)c1cn2cc(-c3c(F)cccc3OC)nc2s1. The van der Waals surface area contributed by atoms with Crippen LogP contribution in [-0.4, -0.2) is 29.6 Å². The van der Waals surface area contributed by atoms with E-state index in [1.807, 2.05) is 0 Å². The molecule has 0 aliphatic heterocycles. The van der Waals surface area contributed by atoms with Crippen LogP contribution < -0.4 is 4.74 Å². The van der Waals surface area contributed by atoms with E-state index in [2.05, 4.69) is 9.72 Å². The van der Waals surface area contributed by atoms with Gasteiger partial charge in [0.25, 0.3) is 0 Å². The molecule has 2 heterocycles. The maximum atomic E-state index is 14.0. The summed E-state index contributed by atoms with van der Waals surface area (Å²) in [5.74, 6) is -0.419. The number of hydrogen-bond donors (Lipinski definition) is 0.